The van der Waals surface area contributed by atoms with Crippen LogP contribution in [0.3, 0.4) is 0 Å². The van der Waals surface area contributed by atoms with Crippen LogP contribution in [0.25, 0.3) is 0 Å². The Labute approximate surface area is 119 Å². The molecule has 0 bridgehead atoms. The summed E-state index contributed by atoms with van der Waals surface area (Å²) in [7, 11) is 0. The van der Waals surface area contributed by atoms with E-state index in [4.69, 9.17) is 0 Å². The lowest BCUT2D eigenvalue weighted by atomic mass is 10.1. The minimum atomic E-state index is -0.0546. The van der Waals surface area contributed by atoms with Crippen LogP contribution in [0, 0.1) is 6.92 Å². The molecule has 0 aliphatic heterocycles. The quantitative estimate of drug-likeness (QED) is 0.846. The van der Waals surface area contributed by atoms with Gasteiger partial charge in [0.05, 0.1) is 11.9 Å². The number of benzene rings is 1. The predicted molar refractivity (Wildman–Crippen MR) is 79.9 cm³/mol. The Morgan fingerprint density at radius 2 is 2.25 bits per heavy atom. The maximum atomic E-state index is 12.2. The SMILES string of the molecule is CCNc1cc(C)ccc1C(=O)NCCn1ccnc1. The highest BCUT2D eigenvalue weighted by Gasteiger charge is 2.10. The van der Waals surface area contributed by atoms with Crippen molar-refractivity contribution in [1.82, 2.24) is 14.9 Å². The molecule has 106 valence electrons. The Kier molecular flexibility index (Phi) is 4.76. The van der Waals surface area contributed by atoms with Crippen LogP contribution >= 0.6 is 0 Å². The third-order valence-corrected chi connectivity index (χ3v) is 3.00. The van der Waals surface area contributed by atoms with Crippen molar-refractivity contribution in [2.24, 2.45) is 0 Å². The van der Waals surface area contributed by atoms with Crippen molar-refractivity contribution in [2.45, 2.75) is 20.4 Å². The standard InChI is InChI=1S/C15H20N4O/c1-3-17-14-10-12(2)4-5-13(14)15(20)18-7-9-19-8-6-16-11-19/h4-6,8,10-11,17H,3,7,9H2,1-2H3,(H,18,20). The number of hydrogen-bond acceptors (Lipinski definition) is 3. The molecule has 2 N–H and O–H groups in total. The molecule has 0 saturated carbocycles. The van der Waals surface area contributed by atoms with Crippen LogP contribution in [0.2, 0.25) is 0 Å². The van der Waals surface area contributed by atoms with E-state index in [0.29, 0.717) is 18.7 Å². The lowest BCUT2D eigenvalue weighted by Gasteiger charge is -2.12. The Hall–Kier alpha value is -2.30. The number of nitrogens with zero attached hydrogens (tertiary/aromatic N) is 2. The first-order valence-electron chi connectivity index (χ1n) is 6.79. The van der Waals surface area contributed by atoms with Crippen molar-refractivity contribution in [2.75, 3.05) is 18.4 Å². The van der Waals surface area contributed by atoms with Gasteiger partial charge >= 0.3 is 0 Å². The van der Waals surface area contributed by atoms with Gasteiger partial charge in [0.25, 0.3) is 5.91 Å². The van der Waals surface area contributed by atoms with E-state index in [1.165, 1.54) is 0 Å². The highest BCUT2D eigenvalue weighted by molar-refractivity contribution is 5.99. The lowest BCUT2D eigenvalue weighted by Crippen LogP contribution is -2.27. The fourth-order valence-electron chi connectivity index (χ4n) is 2.01. The fourth-order valence-corrected chi connectivity index (χ4v) is 2.01. The van der Waals surface area contributed by atoms with E-state index in [2.05, 4.69) is 15.6 Å². The molecule has 1 heterocycles. The smallest absolute Gasteiger partial charge is 0.253 e. The summed E-state index contributed by atoms with van der Waals surface area (Å²) in [5, 5.41) is 6.15. The Morgan fingerprint density at radius 1 is 1.40 bits per heavy atom. The van der Waals surface area contributed by atoms with Crippen molar-refractivity contribution in [3.8, 4) is 0 Å². The Balaban J connectivity index is 1.97. The molecule has 0 unspecified atom stereocenters. The molecule has 0 saturated heterocycles. The van der Waals surface area contributed by atoms with Gasteiger partial charge in [-0.15, -0.1) is 0 Å². The van der Waals surface area contributed by atoms with Crippen molar-refractivity contribution >= 4 is 11.6 Å². The van der Waals surface area contributed by atoms with Crippen molar-refractivity contribution in [3.05, 3.63) is 48.0 Å². The van der Waals surface area contributed by atoms with E-state index in [9.17, 15) is 4.79 Å². The molecule has 0 aliphatic carbocycles. The van der Waals surface area contributed by atoms with E-state index in [0.717, 1.165) is 17.8 Å². The highest BCUT2D eigenvalue weighted by Crippen LogP contribution is 2.17. The molecule has 2 rings (SSSR count). The normalized spacial score (nSPS) is 10.3. The fraction of sp³-hybridized carbons (Fsp3) is 0.333. The summed E-state index contributed by atoms with van der Waals surface area (Å²) in [4.78, 5) is 16.2. The van der Waals surface area contributed by atoms with Gasteiger partial charge in [-0.2, -0.15) is 0 Å². The number of aromatic nitrogens is 2. The summed E-state index contributed by atoms with van der Waals surface area (Å²) in [5.41, 5.74) is 2.70. The first kappa shape index (κ1) is 14.1. The number of aryl methyl sites for hydroxylation is 1. The van der Waals surface area contributed by atoms with Gasteiger partial charge in [-0.05, 0) is 31.5 Å². The minimum absolute atomic E-state index is 0.0546. The third kappa shape index (κ3) is 3.60. The summed E-state index contributed by atoms with van der Waals surface area (Å²) in [5.74, 6) is -0.0546. The van der Waals surface area contributed by atoms with Crippen LogP contribution in [0.5, 0.6) is 0 Å². The zero-order valence-corrected chi connectivity index (χ0v) is 11.9. The highest BCUT2D eigenvalue weighted by atomic mass is 16.1. The van der Waals surface area contributed by atoms with Crippen LogP contribution in [0.1, 0.15) is 22.8 Å². The third-order valence-electron chi connectivity index (χ3n) is 3.00. The van der Waals surface area contributed by atoms with Crippen molar-refractivity contribution in [3.63, 3.8) is 0 Å². The number of carbonyl (C=O) groups excluding carboxylic acids is 1. The van der Waals surface area contributed by atoms with Gasteiger partial charge in [0, 0.05) is 37.7 Å². The summed E-state index contributed by atoms with van der Waals surface area (Å²) >= 11 is 0. The molecule has 1 amide bonds. The summed E-state index contributed by atoms with van der Waals surface area (Å²) < 4.78 is 1.93. The molecule has 0 atom stereocenters. The molecule has 1 aromatic carbocycles. The van der Waals surface area contributed by atoms with E-state index in [-0.39, 0.29) is 5.91 Å². The predicted octanol–water partition coefficient (Wildman–Crippen LogP) is 2.05. The van der Waals surface area contributed by atoms with Gasteiger partial charge < -0.3 is 15.2 Å². The first-order valence-corrected chi connectivity index (χ1v) is 6.79. The van der Waals surface area contributed by atoms with E-state index >= 15 is 0 Å². The second-order valence-corrected chi connectivity index (χ2v) is 4.64. The Bertz CT molecular complexity index is 563. The molecule has 5 heteroatoms. The number of hydrogen-bond donors (Lipinski definition) is 2. The minimum Gasteiger partial charge on any atom is -0.385 e. The Morgan fingerprint density at radius 3 is 2.95 bits per heavy atom. The van der Waals surface area contributed by atoms with Crippen LogP contribution in [0.15, 0.2) is 36.9 Å². The molecular weight excluding hydrogens is 252 g/mol. The molecule has 1 aromatic heterocycles. The summed E-state index contributed by atoms with van der Waals surface area (Å²) in [6.45, 7) is 6.12. The number of rotatable bonds is 6. The van der Waals surface area contributed by atoms with Crippen LogP contribution < -0.4 is 10.6 Å². The number of imidazole rings is 1. The molecule has 2 aromatic rings. The number of nitrogens with one attached hydrogen (secondary N) is 2. The maximum absolute atomic E-state index is 12.2. The summed E-state index contributed by atoms with van der Waals surface area (Å²) in [6, 6.07) is 5.81. The van der Waals surface area contributed by atoms with E-state index < -0.39 is 0 Å². The van der Waals surface area contributed by atoms with Crippen LogP contribution in [-0.4, -0.2) is 28.5 Å². The number of carbonyl (C=O) groups is 1. The topological polar surface area (TPSA) is 59.0 Å². The van der Waals surface area contributed by atoms with Gasteiger partial charge in [0.1, 0.15) is 0 Å². The number of amides is 1. The van der Waals surface area contributed by atoms with Crippen molar-refractivity contribution < 1.29 is 4.79 Å². The van der Waals surface area contributed by atoms with Gasteiger partial charge in [-0.3, -0.25) is 4.79 Å². The lowest BCUT2D eigenvalue weighted by molar-refractivity contribution is 0.0953. The molecule has 0 radical (unpaired) electrons. The van der Waals surface area contributed by atoms with Gasteiger partial charge in [0.15, 0.2) is 0 Å². The van der Waals surface area contributed by atoms with Gasteiger partial charge in [-0.25, -0.2) is 4.98 Å². The second-order valence-electron chi connectivity index (χ2n) is 4.64. The monoisotopic (exact) mass is 272 g/mol. The van der Waals surface area contributed by atoms with Gasteiger partial charge in [0.2, 0.25) is 0 Å². The first-order chi connectivity index (χ1) is 9.70. The van der Waals surface area contributed by atoms with Crippen LogP contribution in [0.4, 0.5) is 5.69 Å². The second kappa shape index (κ2) is 6.75. The van der Waals surface area contributed by atoms with Gasteiger partial charge in [-0.1, -0.05) is 6.07 Å². The zero-order valence-electron chi connectivity index (χ0n) is 11.9. The molecule has 20 heavy (non-hydrogen) atoms. The van der Waals surface area contributed by atoms with E-state index in [1.807, 2.05) is 42.8 Å². The zero-order chi connectivity index (χ0) is 14.4. The molecule has 0 fully saturated rings. The largest absolute Gasteiger partial charge is 0.385 e. The van der Waals surface area contributed by atoms with E-state index in [1.54, 1.807) is 12.5 Å². The molecular formula is C15H20N4O. The molecule has 5 nitrogen and oxygen atoms in total. The molecule has 0 aliphatic rings. The van der Waals surface area contributed by atoms with Crippen molar-refractivity contribution in [1.29, 1.82) is 0 Å². The maximum Gasteiger partial charge on any atom is 0.253 e. The van der Waals surface area contributed by atoms with Crippen LogP contribution in [-0.2, 0) is 6.54 Å². The summed E-state index contributed by atoms with van der Waals surface area (Å²) in [6.07, 6.45) is 5.34. The average molecular weight is 272 g/mol. The average Bonchev–Trinajstić information content (AvgIpc) is 2.92. The number of anilines is 1. The molecule has 0 spiro atoms.